The van der Waals surface area contributed by atoms with Gasteiger partial charge >= 0.3 is 0 Å². The van der Waals surface area contributed by atoms with Gasteiger partial charge in [0.25, 0.3) is 0 Å². The van der Waals surface area contributed by atoms with E-state index in [1.54, 1.807) is 11.3 Å². The molecular formula is C11H21N3S. The SMILES string of the molecule is CCCCN(C)Cc1cnc(NCC)s1. The minimum atomic E-state index is 0.943. The second-order valence-corrected chi connectivity index (χ2v) is 4.87. The quantitative estimate of drug-likeness (QED) is 0.776. The number of aromatic nitrogens is 1. The molecule has 0 saturated heterocycles. The van der Waals surface area contributed by atoms with E-state index < -0.39 is 0 Å². The van der Waals surface area contributed by atoms with Crippen molar-refractivity contribution in [3.05, 3.63) is 11.1 Å². The molecule has 0 atom stereocenters. The van der Waals surface area contributed by atoms with Crippen LogP contribution in [0.5, 0.6) is 0 Å². The van der Waals surface area contributed by atoms with E-state index in [-0.39, 0.29) is 0 Å². The molecule has 0 unspecified atom stereocenters. The standard InChI is InChI=1S/C11H21N3S/c1-4-6-7-14(3)9-10-8-13-11(15-10)12-5-2/h8H,4-7,9H2,1-3H3,(H,12,13). The molecule has 0 aromatic carbocycles. The molecule has 0 fully saturated rings. The lowest BCUT2D eigenvalue weighted by Crippen LogP contribution is -2.18. The van der Waals surface area contributed by atoms with E-state index in [1.807, 2.05) is 6.20 Å². The van der Waals surface area contributed by atoms with Gasteiger partial charge in [0.15, 0.2) is 5.13 Å². The Labute approximate surface area is 96.5 Å². The van der Waals surface area contributed by atoms with E-state index in [9.17, 15) is 0 Å². The summed E-state index contributed by atoms with van der Waals surface area (Å²) in [5, 5.41) is 4.27. The van der Waals surface area contributed by atoms with Crippen LogP contribution in [-0.4, -0.2) is 30.0 Å². The van der Waals surface area contributed by atoms with Crippen LogP contribution in [0.25, 0.3) is 0 Å². The normalized spacial score (nSPS) is 10.9. The fourth-order valence-corrected chi connectivity index (χ4v) is 2.35. The van der Waals surface area contributed by atoms with Crippen molar-refractivity contribution < 1.29 is 0 Å². The zero-order chi connectivity index (χ0) is 11.1. The first-order chi connectivity index (χ1) is 7.26. The van der Waals surface area contributed by atoms with Gasteiger partial charge in [-0.05, 0) is 26.9 Å². The predicted molar refractivity (Wildman–Crippen MR) is 67.5 cm³/mol. The molecule has 4 heteroatoms. The van der Waals surface area contributed by atoms with Crippen molar-refractivity contribution in [2.75, 3.05) is 25.5 Å². The largest absolute Gasteiger partial charge is 0.362 e. The number of hydrogen-bond donors (Lipinski definition) is 1. The molecular weight excluding hydrogens is 206 g/mol. The fraction of sp³-hybridized carbons (Fsp3) is 0.727. The van der Waals surface area contributed by atoms with Crippen molar-refractivity contribution >= 4 is 16.5 Å². The van der Waals surface area contributed by atoms with Crippen LogP contribution in [0.3, 0.4) is 0 Å². The van der Waals surface area contributed by atoms with Crippen molar-refractivity contribution in [1.82, 2.24) is 9.88 Å². The summed E-state index contributed by atoms with van der Waals surface area (Å²) in [6.45, 7) is 7.45. The van der Waals surface area contributed by atoms with Crippen LogP contribution < -0.4 is 5.32 Å². The summed E-state index contributed by atoms with van der Waals surface area (Å²) < 4.78 is 0. The Bertz CT molecular complexity index is 273. The molecule has 1 heterocycles. The summed E-state index contributed by atoms with van der Waals surface area (Å²) in [7, 11) is 2.17. The Balaban J connectivity index is 2.35. The molecule has 0 amide bonds. The average Bonchev–Trinajstić information content (AvgIpc) is 2.63. The van der Waals surface area contributed by atoms with E-state index in [0.717, 1.165) is 18.2 Å². The highest BCUT2D eigenvalue weighted by Crippen LogP contribution is 2.18. The molecule has 86 valence electrons. The van der Waals surface area contributed by atoms with Crippen molar-refractivity contribution in [2.45, 2.75) is 33.2 Å². The molecule has 0 aliphatic carbocycles. The number of rotatable bonds is 7. The minimum Gasteiger partial charge on any atom is -0.362 e. The summed E-state index contributed by atoms with van der Waals surface area (Å²) in [4.78, 5) is 8.01. The van der Waals surface area contributed by atoms with Crippen molar-refractivity contribution in [1.29, 1.82) is 0 Å². The van der Waals surface area contributed by atoms with Gasteiger partial charge in [-0.1, -0.05) is 13.3 Å². The highest BCUT2D eigenvalue weighted by atomic mass is 32.1. The molecule has 1 rings (SSSR count). The Morgan fingerprint density at radius 1 is 1.47 bits per heavy atom. The third kappa shape index (κ3) is 4.62. The Morgan fingerprint density at radius 2 is 2.27 bits per heavy atom. The van der Waals surface area contributed by atoms with E-state index >= 15 is 0 Å². The van der Waals surface area contributed by atoms with Crippen LogP contribution >= 0.6 is 11.3 Å². The highest BCUT2D eigenvalue weighted by molar-refractivity contribution is 7.15. The first-order valence-electron chi connectivity index (χ1n) is 5.63. The number of nitrogens with zero attached hydrogens (tertiary/aromatic N) is 2. The zero-order valence-corrected chi connectivity index (χ0v) is 10.7. The van der Waals surface area contributed by atoms with Crippen LogP contribution in [-0.2, 0) is 6.54 Å². The monoisotopic (exact) mass is 227 g/mol. The Kier molecular flexibility index (Phi) is 5.65. The van der Waals surface area contributed by atoms with Crippen LogP contribution in [0.4, 0.5) is 5.13 Å². The van der Waals surface area contributed by atoms with Crippen LogP contribution in [0.2, 0.25) is 0 Å². The second-order valence-electron chi connectivity index (χ2n) is 3.75. The van der Waals surface area contributed by atoms with Gasteiger partial charge < -0.3 is 10.2 Å². The number of nitrogens with one attached hydrogen (secondary N) is 1. The number of anilines is 1. The highest BCUT2D eigenvalue weighted by Gasteiger charge is 2.03. The van der Waals surface area contributed by atoms with Gasteiger partial charge in [-0.3, -0.25) is 0 Å². The minimum absolute atomic E-state index is 0.943. The van der Waals surface area contributed by atoms with Gasteiger partial charge in [-0.15, -0.1) is 11.3 Å². The topological polar surface area (TPSA) is 28.2 Å². The predicted octanol–water partition coefficient (Wildman–Crippen LogP) is 2.81. The fourth-order valence-electron chi connectivity index (χ4n) is 1.39. The molecule has 15 heavy (non-hydrogen) atoms. The first-order valence-corrected chi connectivity index (χ1v) is 6.45. The molecule has 0 spiro atoms. The second kappa shape index (κ2) is 6.80. The summed E-state index contributed by atoms with van der Waals surface area (Å²) in [6, 6.07) is 0. The number of thiazole rings is 1. The molecule has 3 nitrogen and oxygen atoms in total. The van der Waals surface area contributed by atoms with Gasteiger partial charge in [0.2, 0.25) is 0 Å². The maximum atomic E-state index is 4.32. The summed E-state index contributed by atoms with van der Waals surface area (Å²) >= 11 is 1.76. The van der Waals surface area contributed by atoms with Gasteiger partial charge in [0.05, 0.1) is 0 Å². The van der Waals surface area contributed by atoms with Crippen molar-refractivity contribution in [3.8, 4) is 0 Å². The molecule has 0 saturated carbocycles. The molecule has 0 aliphatic heterocycles. The van der Waals surface area contributed by atoms with E-state index in [2.05, 4.69) is 36.1 Å². The van der Waals surface area contributed by atoms with Gasteiger partial charge in [-0.25, -0.2) is 4.98 Å². The van der Waals surface area contributed by atoms with Crippen LogP contribution in [0.1, 0.15) is 31.6 Å². The Morgan fingerprint density at radius 3 is 2.93 bits per heavy atom. The zero-order valence-electron chi connectivity index (χ0n) is 9.92. The van der Waals surface area contributed by atoms with E-state index in [0.29, 0.717) is 0 Å². The molecule has 1 aromatic rings. The lowest BCUT2D eigenvalue weighted by atomic mass is 10.3. The van der Waals surface area contributed by atoms with Gasteiger partial charge in [0, 0.05) is 24.2 Å². The number of unbranched alkanes of at least 4 members (excludes halogenated alkanes) is 1. The molecule has 1 N–H and O–H groups in total. The average molecular weight is 227 g/mol. The molecule has 0 bridgehead atoms. The van der Waals surface area contributed by atoms with Crippen LogP contribution in [0.15, 0.2) is 6.20 Å². The van der Waals surface area contributed by atoms with E-state index in [4.69, 9.17) is 0 Å². The summed E-state index contributed by atoms with van der Waals surface area (Å²) in [5.74, 6) is 0. The maximum absolute atomic E-state index is 4.32. The van der Waals surface area contributed by atoms with Crippen LogP contribution in [0, 0.1) is 0 Å². The Hall–Kier alpha value is -0.610. The summed E-state index contributed by atoms with van der Waals surface area (Å²) in [5.41, 5.74) is 0. The van der Waals surface area contributed by atoms with Gasteiger partial charge in [-0.2, -0.15) is 0 Å². The first kappa shape index (κ1) is 12.5. The van der Waals surface area contributed by atoms with Crippen molar-refractivity contribution in [3.63, 3.8) is 0 Å². The van der Waals surface area contributed by atoms with E-state index in [1.165, 1.54) is 24.3 Å². The lowest BCUT2D eigenvalue weighted by Gasteiger charge is -2.14. The van der Waals surface area contributed by atoms with Gasteiger partial charge in [0.1, 0.15) is 0 Å². The van der Waals surface area contributed by atoms with Crippen molar-refractivity contribution in [2.24, 2.45) is 0 Å². The molecule has 1 aromatic heterocycles. The third-order valence-corrected chi connectivity index (χ3v) is 3.14. The molecule has 0 aliphatic rings. The smallest absolute Gasteiger partial charge is 0.182 e. The number of hydrogen-bond acceptors (Lipinski definition) is 4. The lowest BCUT2D eigenvalue weighted by molar-refractivity contribution is 0.323. The summed E-state index contributed by atoms with van der Waals surface area (Å²) in [6.07, 6.45) is 4.51. The maximum Gasteiger partial charge on any atom is 0.182 e. The molecule has 0 radical (unpaired) electrons. The third-order valence-electron chi connectivity index (χ3n) is 2.20.